The van der Waals surface area contributed by atoms with E-state index < -0.39 is 18.8 Å². The summed E-state index contributed by atoms with van der Waals surface area (Å²) >= 11 is 0. The summed E-state index contributed by atoms with van der Waals surface area (Å²) in [5.74, 6) is 0.158. The molecule has 4 nitrogen and oxygen atoms in total. The van der Waals surface area contributed by atoms with Crippen molar-refractivity contribution in [1.29, 1.82) is 0 Å². The van der Waals surface area contributed by atoms with E-state index in [2.05, 4.69) is 5.32 Å². The topological polar surface area (TPSA) is 49.4 Å². The highest BCUT2D eigenvalue weighted by Crippen LogP contribution is 2.17. The molecular weight excluding hydrogens is 235 g/mol. The Morgan fingerprint density at radius 3 is 2.56 bits per heavy atom. The van der Waals surface area contributed by atoms with Crippen molar-refractivity contribution >= 4 is 11.8 Å². The van der Waals surface area contributed by atoms with Crippen LogP contribution in [0.25, 0.3) is 0 Å². The number of piperazine rings is 1. The fourth-order valence-electron chi connectivity index (χ4n) is 2.36. The van der Waals surface area contributed by atoms with Gasteiger partial charge in [-0.3, -0.25) is 14.0 Å². The highest BCUT2D eigenvalue weighted by Gasteiger charge is 2.39. The average Bonchev–Trinajstić information content (AvgIpc) is 2.30. The minimum Gasteiger partial charge on any atom is -0.342 e. The first-order chi connectivity index (χ1) is 8.51. The molecule has 0 aromatic rings. The molecule has 1 aliphatic rings. The number of amides is 2. The van der Waals surface area contributed by atoms with Gasteiger partial charge >= 0.3 is 0 Å². The van der Waals surface area contributed by atoms with Crippen molar-refractivity contribution in [2.24, 2.45) is 5.92 Å². The summed E-state index contributed by atoms with van der Waals surface area (Å²) < 4.78 is 12.3. The molecule has 18 heavy (non-hydrogen) atoms. The Morgan fingerprint density at radius 2 is 2.06 bits per heavy atom. The van der Waals surface area contributed by atoms with Crippen LogP contribution in [0.1, 0.15) is 40.0 Å². The van der Waals surface area contributed by atoms with Gasteiger partial charge in [-0.2, -0.15) is 0 Å². The molecule has 0 aliphatic carbocycles. The van der Waals surface area contributed by atoms with Gasteiger partial charge in [-0.1, -0.05) is 20.8 Å². The van der Waals surface area contributed by atoms with Crippen LogP contribution in [0, 0.1) is 5.92 Å². The number of alkyl halides is 1. The lowest BCUT2D eigenvalue weighted by molar-refractivity contribution is -0.150. The zero-order valence-electron chi connectivity index (χ0n) is 11.4. The van der Waals surface area contributed by atoms with Crippen LogP contribution < -0.4 is 5.32 Å². The van der Waals surface area contributed by atoms with Crippen LogP contribution >= 0.6 is 0 Å². The Morgan fingerprint density at radius 1 is 1.39 bits per heavy atom. The van der Waals surface area contributed by atoms with E-state index in [0.717, 1.165) is 0 Å². The van der Waals surface area contributed by atoms with Crippen molar-refractivity contribution in [1.82, 2.24) is 10.2 Å². The van der Waals surface area contributed by atoms with Gasteiger partial charge in [0.15, 0.2) is 0 Å². The molecule has 2 atom stereocenters. The monoisotopic (exact) mass is 258 g/mol. The van der Waals surface area contributed by atoms with E-state index in [0.29, 0.717) is 31.7 Å². The molecule has 0 aromatic carbocycles. The molecule has 1 rings (SSSR count). The normalized spacial score (nSPS) is 24.6. The SMILES string of the molecule is CCC1C(=O)NC(CC(C)C)C(=O)N1CCCF. The molecule has 0 spiro atoms. The quantitative estimate of drug-likeness (QED) is 0.785. The van der Waals surface area contributed by atoms with Crippen LogP contribution in [0.15, 0.2) is 0 Å². The van der Waals surface area contributed by atoms with Crippen molar-refractivity contribution in [2.75, 3.05) is 13.2 Å². The Bertz CT molecular complexity index is 307. The van der Waals surface area contributed by atoms with E-state index in [9.17, 15) is 14.0 Å². The van der Waals surface area contributed by atoms with Crippen LogP contribution in [-0.4, -0.2) is 42.0 Å². The number of nitrogens with zero attached hydrogens (tertiary/aromatic N) is 1. The van der Waals surface area contributed by atoms with Gasteiger partial charge in [0.25, 0.3) is 0 Å². The van der Waals surface area contributed by atoms with Crippen LogP contribution in [-0.2, 0) is 9.59 Å². The molecular formula is C13H23FN2O2. The maximum atomic E-state index is 12.3. The lowest BCUT2D eigenvalue weighted by Gasteiger charge is -2.39. The highest BCUT2D eigenvalue weighted by atomic mass is 19.1. The standard InChI is InChI=1S/C13H23FN2O2/c1-4-11-12(17)15-10(8-9(2)3)13(18)16(11)7-5-6-14/h9-11H,4-8H2,1-3H3,(H,15,17). The molecule has 0 aromatic heterocycles. The van der Waals surface area contributed by atoms with Crippen LogP contribution in [0.5, 0.6) is 0 Å². The molecule has 104 valence electrons. The molecule has 1 N–H and O–H groups in total. The summed E-state index contributed by atoms with van der Waals surface area (Å²) in [5, 5.41) is 2.78. The fraction of sp³-hybridized carbons (Fsp3) is 0.846. The van der Waals surface area contributed by atoms with Gasteiger partial charge in [0.05, 0.1) is 6.67 Å². The lowest BCUT2D eigenvalue weighted by atomic mass is 9.97. The molecule has 0 saturated carbocycles. The minimum absolute atomic E-state index is 0.0661. The van der Waals surface area contributed by atoms with E-state index in [-0.39, 0.29) is 11.8 Å². The Labute approximate surface area is 108 Å². The molecule has 5 heteroatoms. The molecule has 0 bridgehead atoms. The second-order valence-corrected chi connectivity index (χ2v) is 5.19. The molecule has 1 aliphatic heterocycles. The van der Waals surface area contributed by atoms with Crippen LogP contribution in [0.3, 0.4) is 0 Å². The van der Waals surface area contributed by atoms with Crippen molar-refractivity contribution in [3.8, 4) is 0 Å². The summed E-state index contributed by atoms with van der Waals surface area (Å²) in [6, 6.07) is -0.882. The van der Waals surface area contributed by atoms with E-state index in [1.807, 2.05) is 20.8 Å². The molecule has 1 heterocycles. The minimum atomic E-state index is -0.462. The van der Waals surface area contributed by atoms with E-state index >= 15 is 0 Å². The highest BCUT2D eigenvalue weighted by molar-refractivity contribution is 5.96. The number of nitrogens with one attached hydrogen (secondary N) is 1. The van der Waals surface area contributed by atoms with Gasteiger partial charge in [0.2, 0.25) is 11.8 Å². The summed E-state index contributed by atoms with van der Waals surface area (Å²) in [5.41, 5.74) is 0. The molecule has 2 amide bonds. The van der Waals surface area contributed by atoms with Gasteiger partial charge in [0.1, 0.15) is 12.1 Å². The van der Waals surface area contributed by atoms with E-state index in [1.165, 1.54) is 0 Å². The van der Waals surface area contributed by atoms with Gasteiger partial charge in [-0.05, 0) is 25.2 Å². The Kier molecular flexibility index (Phi) is 5.56. The smallest absolute Gasteiger partial charge is 0.245 e. The van der Waals surface area contributed by atoms with Crippen molar-refractivity contribution < 1.29 is 14.0 Å². The zero-order valence-corrected chi connectivity index (χ0v) is 11.4. The molecule has 1 fully saturated rings. The first kappa shape index (κ1) is 14.9. The maximum Gasteiger partial charge on any atom is 0.245 e. The number of carbonyl (C=O) groups excluding carboxylic acids is 2. The average molecular weight is 258 g/mol. The lowest BCUT2D eigenvalue weighted by Crippen LogP contribution is -2.63. The molecule has 1 saturated heterocycles. The predicted molar refractivity (Wildman–Crippen MR) is 67.8 cm³/mol. The third kappa shape index (κ3) is 3.43. The van der Waals surface area contributed by atoms with E-state index in [1.54, 1.807) is 4.90 Å². The summed E-state index contributed by atoms with van der Waals surface area (Å²) in [7, 11) is 0. The summed E-state index contributed by atoms with van der Waals surface area (Å²) in [4.78, 5) is 25.8. The van der Waals surface area contributed by atoms with Gasteiger partial charge in [0, 0.05) is 6.54 Å². The van der Waals surface area contributed by atoms with Crippen LogP contribution in [0.2, 0.25) is 0 Å². The number of hydrogen-bond acceptors (Lipinski definition) is 2. The summed E-state index contributed by atoms with van der Waals surface area (Å²) in [6.45, 7) is 5.75. The first-order valence-corrected chi connectivity index (χ1v) is 6.68. The van der Waals surface area contributed by atoms with Crippen LogP contribution in [0.4, 0.5) is 4.39 Å². The molecule has 2 unspecified atom stereocenters. The summed E-state index contributed by atoms with van der Waals surface area (Å²) in [6.07, 6.45) is 1.50. The number of rotatable bonds is 6. The Balaban J connectivity index is 2.79. The maximum absolute atomic E-state index is 12.3. The molecule has 0 radical (unpaired) electrons. The van der Waals surface area contributed by atoms with E-state index in [4.69, 9.17) is 0 Å². The number of hydrogen-bond donors (Lipinski definition) is 1. The van der Waals surface area contributed by atoms with Gasteiger partial charge in [-0.15, -0.1) is 0 Å². The van der Waals surface area contributed by atoms with Crippen molar-refractivity contribution in [2.45, 2.75) is 52.1 Å². The van der Waals surface area contributed by atoms with Gasteiger partial charge in [-0.25, -0.2) is 0 Å². The fourth-order valence-corrected chi connectivity index (χ4v) is 2.36. The first-order valence-electron chi connectivity index (χ1n) is 6.68. The van der Waals surface area contributed by atoms with Crippen molar-refractivity contribution in [3.63, 3.8) is 0 Å². The third-order valence-electron chi connectivity index (χ3n) is 3.20. The second-order valence-electron chi connectivity index (χ2n) is 5.19. The zero-order chi connectivity index (χ0) is 13.7. The van der Waals surface area contributed by atoms with Crippen molar-refractivity contribution in [3.05, 3.63) is 0 Å². The Hall–Kier alpha value is -1.13. The largest absolute Gasteiger partial charge is 0.342 e. The number of halogens is 1. The second kappa shape index (κ2) is 6.71. The predicted octanol–water partition coefficient (Wildman–Crippen LogP) is 1.50. The number of carbonyl (C=O) groups is 2. The van der Waals surface area contributed by atoms with Gasteiger partial charge < -0.3 is 10.2 Å². The third-order valence-corrected chi connectivity index (χ3v) is 3.20.